The Balaban J connectivity index is 2.54. The number of benzene rings is 1. The molecule has 3 heteroatoms. The third kappa shape index (κ3) is 2.44. The molecule has 0 radical (unpaired) electrons. The molecule has 1 aliphatic rings. The van der Waals surface area contributed by atoms with Gasteiger partial charge in [0.05, 0.1) is 14.2 Å². The van der Waals surface area contributed by atoms with Crippen LogP contribution in [0.5, 0.6) is 11.5 Å². The summed E-state index contributed by atoms with van der Waals surface area (Å²) in [4.78, 5) is 0. The molecule has 1 saturated carbocycles. The summed E-state index contributed by atoms with van der Waals surface area (Å²) in [5.74, 6) is 1.83. The summed E-state index contributed by atoms with van der Waals surface area (Å²) in [5, 5.41) is 0. The molecule has 19 heavy (non-hydrogen) atoms. The van der Waals surface area contributed by atoms with Crippen LogP contribution in [0.2, 0.25) is 0 Å². The predicted molar refractivity (Wildman–Crippen MR) is 78.1 cm³/mol. The lowest BCUT2D eigenvalue weighted by atomic mass is 9.77. The van der Waals surface area contributed by atoms with Gasteiger partial charge >= 0.3 is 0 Å². The summed E-state index contributed by atoms with van der Waals surface area (Å²) in [5.41, 5.74) is 8.70. The molecule has 0 spiro atoms. The van der Waals surface area contributed by atoms with E-state index in [9.17, 15) is 0 Å². The first kappa shape index (κ1) is 14.2. The minimum absolute atomic E-state index is 0.0987. The highest BCUT2D eigenvalue weighted by molar-refractivity contribution is 5.50. The Morgan fingerprint density at radius 2 is 1.74 bits per heavy atom. The lowest BCUT2D eigenvalue weighted by Gasteiger charge is -2.30. The van der Waals surface area contributed by atoms with Crippen LogP contribution in [-0.2, 0) is 11.8 Å². The van der Waals surface area contributed by atoms with E-state index in [1.54, 1.807) is 14.2 Å². The highest BCUT2D eigenvalue weighted by atomic mass is 16.5. The van der Waals surface area contributed by atoms with Crippen LogP contribution in [0, 0.1) is 0 Å². The molecule has 0 heterocycles. The van der Waals surface area contributed by atoms with E-state index in [1.165, 1.54) is 24.0 Å². The topological polar surface area (TPSA) is 44.5 Å². The van der Waals surface area contributed by atoms with Crippen LogP contribution >= 0.6 is 0 Å². The molecule has 1 aromatic carbocycles. The van der Waals surface area contributed by atoms with Crippen molar-refractivity contribution in [3.63, 3.8) is 0 Å². The molecule has 0 aromatic heterocycles. The highest BCUT2D eigenvalue weighted by Gasteiger charge is 2.37. The first-order chi connectivity index (χ1) is 9.20. The molecule has 2 N–H and O–H groups in total. The minimum Gasteiger partial charge on any atom is -0.496 e. The third-order valence-electron chi connectivity index (χ3n) is 4.51. The fraction of sp³-hybridized carbons (Fsp3) is 0.625. The van der Waals surface area contributed by atoms with E-state index in [1.807, 2.05) is 6.07 Å². The quantitative estimate of drug-likeness (QED) is 0.888. The molecule has 3 nitrogen and oxygen atoms in total. The fourth-order valence-corrected chi connectivity index (χ4v) is 3.29. The summed E-state index contributed by atoms with van der Waals surface area (Å²) < 4.78 is 11.0. The molecule has 0 saturated heterocycles. The van der Waals surface area contributed by atoms with Gasteiger partial charge in [-0.1, -0.05) is 19.8 Å². The maximum absolute atomic E-state index is 6.10. The molecular formula is C16H25NO2. The van der Waals surface area contributed by atoms with Gasteiger partial charge in [0, 0.05) is 23.6 Å². The fourth-order valence-electron chi connectivity index (χ4n) is 3.29. The summed E-state index contributed by atoms with van der Waals surface area (Å²) in [6, 6.07) is 4.26. The normalized spacial score (nSPS) is 17.5. The van der Waals surface area contributed by atoms with Gasteiger partial charge < -0.3 is 15.2 Å². The zero-order valence-corrected chi connectivity index (χ0v) is 12.3. The SMILES string of the molecule is CCc1cc(C2(CN)CCCC2)c(OC)cc1OC. The number of hydrogen-bond acceptors (Lipinski definition) is 3. The summed E-state index contributed by atoms with van der Waals surface area (Å²) in [6.45, 7) is 2.84. The molecule has 0 unspecified atom stereocenters. The van der Waals surface area contributed by atoms with Crippen LogP contribution in [0.25, 0.3) is 0 Å². The van der Waals surface area contributed by atoms with Crippen LogP contribution in [0.15, 0.2) is 12.1 Å². The lowest BCUT2D eigenvalue weighted by Crippen LogP contribution is -2.32. The second kappa shape index (κ2) is 5.83. The zero-order chi connectivity index (χ0) is 13.9. The van der Waals surface area contributed by atoms with E-state index in [-0.39, 0.29) is 5.41 Å². The molecule has 106 valence electrons. The van der Waals surface area contributed by atoms with E-state index >= 15 is 0 Å². The number of aryl methyl sites for hydroxylation is 1. The first-order valence-electron chi connectivity index (χ1n) is 7.16. The van der Waals surface area contributed by atoms with Gasteiger partial charge in [-0.25, -0.2) is 0 Å². The molecule has 1 aromatic rings. The van der Waals surface area contributed by atoms with Crippen LogP contribution in [-0.4, -0.2) is 20.8 Å². The summed E-state index contributed by atoms with van der Waals surface area (Å²) in [7, 11) is 3.44. The van der Waals surface area contributed by atoms with Gasteiger partial charge in [-0.3, -0.25) is 0 Å². The summed E-state index contributed by atoms with van der Waals surface area (Å²) >= 11 is 0. The van der Waals surface area contributed by atoms with Crippen LogP contribution in [0.1, 0.15) is 43.7 Å². The standard InChI is InChI=1S/C16H25NO2/c1-4-12-9-13(15(19-3)10-14(12)18-2)16(11-17)7-5-6-8-16/h9-10H,4-8,11,17H2,1-3H3. The molecule has 2 rings (SSSR count). The molecule has 0 amide bonds. The number of methoxy groups -OCH3 is 2. The van der Waals surface area contributed by atoms with Crippen molar-refractivity contribution in [3.8, 4) is 11.5 Å². The van der Waals surface area contributed by atoms with Gasteiger partial charge in [0.1, 0.15) is 11.5 Å². The lowest BCUT2D eigenvalue weighted by molar-refractivity contribution is 0.366. The van der Waals surface area contributed by atoms with Gasteiger partial charge in [-0.2, -0.15) is 0 Å². The third-order valence-corrected chi connectivity index (χ3v) is 4.51. The van der Waals surface area contributed by atoms with Crippen molar-refractivity contribution in [1.29, 1.82) is 0 Å². The van der Waals surface area contributed by atoms with E-state index in [4.69, 9.17) is 15.2 Å². The average Bonchev–Trinajstić information content (AvgIpc) is 2.95. The number of nitrogens with two attached hydrogens (primary N) is 1. The number of rotatable bonds is 5. The van der Waals surface area contributed by atoms with Crippen molar-refractivity contribution in [2.45, 2.75) is 44.4 Å². The second-order valence-corrected chi connectivity index (χ2v) is 5.41. The van der Waals surface area contributed by atoms with Gasteiger partial charge in [-0.05, 0) is 30.9 Å². The van der Waals surface area contributed by atoms with Crippen LogP contribution in [0.3, 0.4) is 0 Å². The number of hydrogen-bond donors (Lipinski definition) is 1. The van der Waals surface area contributed by atoms with Crippen molar-refractivity contribution in [3.05, 3.63) is 23.3 Å². The van der Waals surface area contributed by atoms with E-state index in [2.05, 4.69) is 13.0 Å². The van der Waals surface area contributed by atoms with Crippen molar-refractivity contribution >= 4 is 0 Å². The Morgan fingerprint density at radius 3 is 2.21 bits per heavy atom. The predicted octanol–water partition coefficient (Wildman–Crippen LogP) is 3.04. The van der Waals surface area contributed by atoms with Crippen LogP contribution < -0.4 is 15.2 Å². The molecule has 0 bridgehead atoms. The van der Waals surface area contributed by atoms with E-state index in [0.29, 0.717) is 6.54 Å². The van der Waals surface area contributed by atoms with Gasteiger partial charge in [0.2, 0.25) is 0 Å². The Hall–Kier alpha value is -1.22. The molecule has 1 aliphatic carbocycles. The van der Waals surface area contributed by atoms with Crippen molar-refractivity contribution in [2.75, 3.05) is 20.8 Å². The number of ether oxygens (including phenoxy) is 2. The van der Waals surface area contributed by atoms with Crippen molar-refractivity contribution < 1.29 is 9.47 Å². The molecule has 0 aliphatic heterocycles. The maximum atomic E-state index is 6.10. The molecular weight excluding hydrogens is 238 g/mol. The van der Waals surface area contributed by atoms with Gasteiger partial charge in [-0.15, -0.1) is 0 Å². The molecule has 0 atom stereocenters. The Kier molecular flexibility index (Phi) is 4.35. The maximum Gasteiger partial charge on any atom is 0.126 e. The second-order valence-electron chi connectivity index (χ2n) is 5.41. The first-order valence-corrected chi connectivity index (χ1v) is 7.16. The van der Waals surface area contributed by atoms with E-state index < -0.39 is 0 Å². The van der Waals surface area contributed by atoms with E-state index in [0.717, 1.165) is 30.8 Å². The van der Waals surface area contributed by atoms with Crippen LogP contribution in [0.4, 0.5) is 0 Å². The Bertz CT molecular complexity index is 437. The summed E-state index contributed by atoms with van der Waals surface area (Å²) in [6.07, 6.45) is 5.80. The zero-order valence-electron chi connectivity index (χ0n) is 12.3. The van der Waals surface area contributed by atoms with Crippen molar-refractivity contribution in [2.24, 2.45) is 5.73 Å². The van der Waals surface area contributed by atoms with Gasteiger partial charge in [0.25, 0.3) is 0 Å². The molecule has 1 fully saturated rings. The smallest absolute Gasteiger partial charge is 0.126 e. The monoisotopic (exact) mass is 263 g/mol. The average molecular weight is 263 g/mol. The largest absolute Gasteiger partial charge is 0.496 e. The Labute approximate surface area is 116 Å². The van der Waals surface area contributed by atoms with Crippen molar-refractivity contribution in [1.82, 2.24) is 0 Å². The highest BCUT2D eigenvalue weighted by Crippen LogP contribution is 2.45. The van der Waals surface area contributed by atoms with Gasteiger partial charge in [0.15, 0.2) is 0 Å². The minimum atomic E-state index is 0.0987. The Morgan fingerprint density at radius 1 is 1.11 bits per heavy atom.